The molecule has 1 heterocycles. The molecular weight excluding hydrogens is 358 g/mol. The van der Waals surface area contributed by atoms with E-state index in [1.54, 1.807) is 13.8 Å². The maximum Gasteiger partial charge on any atom is 0.214 e. The van der Waals surface area contributed by atoms with Crippen molar-refractivity contribution >= 4 is 10.0 Å². The summed E-state index contributed by atoms with van der Waals surface area (Å²) in [5.74, 6) is 0.124. The number of rotatable bonds is 5. The van der Waals surface area contributed by atoms with Gasteiger partial charge in [-0.1, -0.05) is 36.4 Å². The minimum Gasteiger partial charge on any atom is -0.304 e. The van der Waals surface area contributed by atoms with E-state index in [0.29, 0.717) is 12.1 Å². The summed E-state index contributed by atoms with van der Waals surface area (Å²) >= 11 is 0. The molecule has 0 bridgehead atoms. The van der Waals surface area contributed by atoms with Crippen molar-refractivity contribution in [3.63, 3.8) is 0 Å². The first-order valence-corrected chi connectivity index (χ1v) is 10.6. The highest BCUT2D eigenvalue weighted by Crippen LogP contribution is 2.30. The first-order chi connectivity index (χ1) is 12.8. The van der Waals surface area contributed by atoms with E-state index < -0.39 is 15.3 Å². The van der Waals surface area contributed by atoms with Gasteiger partial charge in [0.2, 0.25) is 10.0 Å². The van der Waals surface area contributed by atoms with E-state index in [9.17, 15) is 8.42 Å². The molecule has 2 atom stereocenters. The lowest BCUT2D eigenvalue weighted by Gasteiger charge is -2.22. The number of nitrogens with zero attached hydrogens (tertiary/aromatic N) is 2. The average molecular weight is 384 g/mol. The van der Waals surface area contributed by atoms with Crippen LogP contribution < -0.4 is 4.72 Å². The molecule has 1 fully saturated rings. The fourth-order valence-corrected chi connectivity index (χ4v) is 4.40. The van der Waals surface area contributed by atoms with Gasteiger partial charge in [-0.15, -0.1) is 0 Å². The summed E-state index contributed by atoms with van der Waals surface area (Å²) in [5.41, 5.74) is 3.91. The molecule has 1 aliphatic rings. The fourth-order valence-electron chi connectivity index (χ4n) is 3.46. The Labute approximate surface area is 161 Å². The van der Waals surface area contributed by atoms with Gasteiger partial charge in [-0.25, -0.2) is 13.1 Å². The molecule has 1 aliphatic heterocycles. The van der Waals surface area contributed by atoms with E-state index in [-0.39, 0.29) is 12.0 Å². The normalized spacial score (nSPS) is 20.7. The summed E-state index contributed by atoms with van der Waals surface area (Å²) in [6.07, 6.45) is 0. The van der Waals surface area contributed by atoms with Crippen LogP contribution in [0.25, 0.3) is 11.1 Å². The summed E-state index contributed by atoms with van der Waals surface area (Å²) in [5, 5.41) is 8.47. The van der Waals surface area contributed by atoms with E-state index in [1.165, 1.54) is 0 Å². The SMILES string of the molecule is CC(C)S(=O)(=O)N[C@H]1CN(C)C[C@@H]1c1ccc(-c2ccc(C#N)cc2)cc1. The van der Waals surface area contributed by atoms with Crippen molar-refractivity contribution in [2.24, 2.45) is 0 Å². The number of likely N-dealkylation sites (tertiary alicyclic amines) is 1. The number of likely N-dealkylation sites (N-methyl/N-ethyl adjacent to an activating group) is 1. The van der Waals surface area contributed by atoms with E-state index in [4.69, 9.17) is 5.26 Å². The fraction of sp³-hybridized carbons (Fsp3) is 0.381. The number of hydrogen-bond donors (Lipinski definition) is 1. The predicted molar refractivity (Wildman–Crippen MR) is 108 cm³/mol. The van der Waals surface area contributed by atoms with Crippen LogP contribution in [0.1, 0.15) is 30.9 Å². The Morgan fingerprint density at radius 1 is 1.04 bits per heavy atom. The van der Waals surface area contributed by atoms with Gasteiger partial charge in [-0.3, -0.25) is 0 Å². The van der Waals surface area contributed by atoms with Crippen LogP contribution >= 0.6 is 0 Å². The molecule has 27 heavy (non-hydrogen) atoms. The third-order valence-electron chi connectivity index (χ3n) is 5.12. The van der Waals surface area contributed by atoms with Crippen LogP contribution in [-0.4, -0.2) is 44.7 Å². The van der Waals surface area contributed by atoms with E-state index >= 15 is 0 Å². The lowest BCUT2D eigenvalue weighted by molar-refractivity contribution is 0.404. The largest absolute Gasteiger partial charge is 0.304 e. The molecule has 2 aromatic carbocycles. The van der Waals surface area contributed by atoms with Gasteiger partial charge in [-0.05, 0) is 49.7 Å². The maximum atomic E-state index is 12.3. The maximum absolute atomic E-state index is 12.3. The smallest absolute Gasteiger partial charge is 0.214 e. The molecule has 6 heteroatoms. The van der Waals surface area contributed by atoms with Crippen LogP contribution in [0.15, 0.2) is 48.5 Å². The molecule has 1 N–H and O–H groups in total. The summed E-state index contributed by atoms with van der Waals surface area (Å²) in [6.45, 7) is 4.92. The molecule has 0 spiro atoms. The van der Waals surface area contributed by atoms with Crippen LogP contribution in [0.2, 0.25) is 0 Å². The molecule has 142 valence electrons. The third-order valence-corrected chi connectivity index (χ3v) is 7.00. The lowest BCUT2D eigenvalue weighted by atomic mass is 9.93. The molecule has 2 aromatic rings. The zero-order valence-electron chi connectivity index (χ0n) is 15.9. The Balaban J connectivity index is 1.81. The molecule has 0 saturated carbocycles. The van der Waals surface area contributed by atoms with Gasteiger partial charge in [0, 0.05) is 25.0 Å². The van der Waals surface area contributed by atoms with Crippen LogP contribution in [0.5, 0.6) is 0 Å². The molecule has 0 radical (unpaired) electrons. The van der Waals surface area contributed by atoms with Gasteiger partial charge in [0.1, 0.15) is 0 Å². The molecule has 5 nitrogen and oxygen atoms in total. The van der Waals surface area contributed by atoms with Crippen LogP contribution in [0.4, 0.5) is 0 Å². The highest BCUT2D eigenvalue weighted by Gasteiger charge is 2.35. The van der Waals surface area contributed by atoms with Crippen molar-refractivity contribution in [3.8, 4) is 17.2 Å². The summed E-state index contributed by atoms with van der Waals surface area (Å²) in [4.78, 5) is 2.16. The minimum atomic E-state index is -3.31. The number of nitrogens with one attached hydrogen (secondary N) is 1. The monoisotopic (exact) mass is 383 g/mol. The molecule has 0 aliphatic carbocycles. The third kappa shape index (κ3) is 4.38. The zero-order chi connectivity index (χ0) is 19.6. The molecule has 0 amide bonds. The number of sulfonamides is 1. The Hall–Kier alpha value is -2.20. The minimum absolute atomic E-state index is 0.122. The van der Waals surface area contributed by atoms with Gasteiger partial charge in [-0.2, -0.15) is 5.26 Å². The van der Waals surface area contributed by atoms with Crippen molar-refractivity contribution in [2.75, 3.05) is 20.1 Å². The van der Waals surface area contributed by atoms with Crippen LogP contribution in [0.3, 0.4) is 0 Å². The predicted octanol–water partition coefficient (Wildman–Crippen LogP) is 2.95. The second-order valence-electron chi connectivity index (χ2n) is 7.46. The van der Waals surface area contributed by atoms with Crippen LogP contribution in [0, 0.1) is 11.3 Å². The molecule has 1 saturated heterocycles. The first-order valence-electron chi connectivity index (χ1n) is 9.10. The van der Waals surface area contributed by atoms with E-state index in [2.05, 4.69) is 40.0 Å². The van der Waals surface area contributed by atoms with Gasteiger partial charge in [0.25, 0.3) is 0 Å². The first kappa shape index (κ1) is 19.6. The zero-order valence-corrected chi connectivity index (χ0v) is 16.7. The summed E-state index contributed by atoms with van der Waals surface area (Å²) < 4.78 is 27.5. The highest BCUT2D eigenvalue weighted by atomic mass is 32.2. The summed E-state index contributed by atoms with van der Waals surface area (Å²) in [6, 6.07) is 17.8. The Morgan fingerprint density at radius 2 is 1.59 bits per heavy atom. The van der Waals surface area contributed by atoms with E-state index in [0.717, 1.165) is 23.2 Å². The lowest BCUT2D eigenvalue weighted by Crippen LogP contribution is -2.42. The van der Waals surface area contributed by atoms with E-state index in [1.807, 2.05) is 31.3 Å². The Bertz CT molecular complexity index is 929. The Kier molecular flexibility index (Phi) is 5.66. The highest BCUT2D eigenvalue weighted by molar-refractivity contribution is 7.90. The van der Waals surface area contributed by atoms with Crippen molar-refractivity contribution < 1.29 is 8.42 Å². The van der Waals surface area contributed by atoms with Gasteiger partial charge < -0.3 is 4.90 Å². The van der Waals surface area contributed by atoms with Crippen molar-refractivity contribution in [2.45, 2.75) is 31.1 Å². The average Bonchev–Trinajstić information content (AvgIpc) is 3.01. The topological polar surface area (TPSA) is 73.2 Å². The van der Waals surface area contributed by atoms with Crippen LogP contribution in [-0.2, 0) is 10.0 Å². The molecule has 0 unspecified atom stereocenters. The number of hydrogen-bond acceptors (Lipinski definition) is 4. The van der Waals surface area contributed by atoms with Gasteiger partial charge >= 0.3 is 0 Å². The van der Waals surface area contributed by atoms with Gasteiger partial charge in [0.15, 0.2) is 0 Å². The quantitative estimate of drug-likeness (QED) is 0.862. The number of benzene rings is 2. The molecule has 3 rings (SSSR count). The second-order valence-corrected chi connectivity index (χ2v) is 9.73. The van der Waals surface area contributed by atoms with Crippen molar-refractivity contribution in [1.82, 2.24) is 9.62 Å². The second kappa shape index (κ2) is 7.81. The van der Waals surface area contributed by atoms with Gasteiger partial charge in [0.05, 0.1) is 16.9 Å². The summed E-state index contributed by atoms with van der Waals surface area (Å²) in [7, 11) is -1.29. The number of nitriles is 1. The van der Waals surface area contributed by atoms with Crippen molar-refractivity contribution in [1.29, 1.82) is 5.26 Å². The van der Waals surface area contributed by atoms with Crippen molar-refractivity contribution in [3.05, 3.63) is 59.7 Å². The molecular formula is C21H25N3O2S. The Morgan fingerprint density at radius 3 is 2.11 bits per heavy atom. The standard InChI is InChI=1S/C21H25N3O2S/c1-15(2)27(25,26)23-21-14-24(3)13-20(21)19-10-8-18(9-11-19)17-6-4-16(12-22)5-7-17/h4-11,15,20-21,23H,13-14H2,1-3H3/t20-,21+/m1/s1. The molecule has 0 aromatic heterocycles.